The molecular formula is C11H18NO2P. The number of hydrogen-bond donors (Lipinski definition) is 1. The first-order chi connectivity index (χ1) is 7.09. The minimum absolute atomic E-state index is 0.498. The van der Waals surface area contributed by atoms with Gasteiger partial charge in [0.1, 0.15) is 0 Å². The Balaban J connectivity index is 2.75. The lowest BCUT2D eigenvalue weighted by atomic mass is 10.2. The topological polar surface area (TPSA) is 52.3 Å². The zero-order chi connectivity index (χ0) is 11.3. The fraction of sp³-hybridized carbons (Fsp3) is 0.455. The molecule has 2 N–H and O–H groups in total. The highest BCUT2D eigenvalue weighted by molar-refractivity contribution is 7.58. The monoisotopic (exact) mass is 227 g/mol. The van der Waals surface area contributed by atoms with E-state index >= 15 is 0 Å². The Bertz CT molecular complexity index is 348. The molecule has 84 valence electrons. The van der Waals surface area contributed by atoms with E-state index in [0.717, 1.165) is 11.3 Å². The van der Waals surface area contributed by atoms with Crippen LogP contribution in [0.1, 0.15) is 19.4 Å². The molecule has 1 rings (SSSR count). The molecule has 1 atom stereocenters. The van der Waals surface area contributed by atoms with Gasteiger partial charge in [0.15, 0.2) is 0 Å². The quantitative estimate of drug-likeness (QED) is 0.621. The molecule has 0 saturated heterocycles. The maximum Gasteiger partial charge on any atom is 0.207 e. The zero-order valence-electron chi connectivity index (χ0n) is 9.27. The number of hydrogen-bond acceptors (Lipinski definition) is 3. The molecule has 0 bridgehead atoms. The first kappa shape index (κ1) is 12.3. The van der Waals surface area contributed by atoms with Crippen molar-refractivity contribution in [2.75, 3.05) is 18.5 Å². The van der Waals surface area contributed by atoms with Gasteiger partial charge in [0.05, 0.1) is 6.61 Å². The van der Waals surface area contributed by atoms with Crippen molar-refractivity contribution < 1.29 is 9.09 Å². The van der Waals surface area contributed by atoms with E-state index in [0.29, 0.717) is 18.9 Å². The molecule has 0 heterocycles. The van der Waals surface area contributed by atoms with E-state index in [1.807, 2.05) is 38.1 Å². The van der Waals surface area contributed by atoms with Gasteiger partial charge in [-0.1, -0.05) is 19.1 Å². The standard InChI is InChI=1S/C11H18NO2P/c1-3-14-15(13,4-2)9-10-5-7-11(12)8-6-10/h5-8H,3-4,9,12H2,1-2H3. The van der Waals surface area contributed by atoms with Crippen molar-refractivity contribution in [1.82, 2.24) is 0 Å². The average Bonchev–Trinajstić information content (AvgIpc) is 2.22. The van der Waals surface area contributed by atoms with Crippen molar-refractivity contribution in [2.45, 2.75) is 20.0 Å². The second kappa shape index (κ2) is 5.34. The van der Waals surface area contributed by atoms with Gasteiger partial charge in [-0.05, 0) is 24.6 Å². The van der Waals surface area contributed by atoms with E-state index in [9.17, 15) is 4.57 Å². The van der Waals surface area contributed by atoms with Crippen LogP contribution >= 0.6 is 7.37 Å². The molecule has 0 spiro atoms. The van der Waals surface area contributed by atoms with Gasteiger partial charge in [-0.2, -0.15) is 0 Å². The second-order valence-corrected chi connectivity index (χ2v) is 6.28. The third-order valence-corrected chi connectivity index (χ3v) is 4.79. The normalized spacial score (nSPS) is 14.8. The lowest BCUT2D eigenvalue weighted by Gasteiger charge is -2.15. The van der Waals surface area contributed by atoms with Gasteiger partial charge in [-0.3, -0.25) is 4.57 Å². The van der Waals surface area contributed by atoms with Crippen molar-refractivity contribution in [2.24, 2.45) is 0 Å². The maximum absolute atomic E-state index is 12.2. The highest BCUT2D eigenvalue weighted by Crippen LogP contribution is 2.49. The van der Waals surface area contributed by atoms with E-state index in [4.69, 9.17) is 10.3 Å². The van der Waals surface area contributed by atoms with Crippen molar-refractivity contribution in [3.05, 3.63) is 29.8 Å². The largest absolute Gasteiger partial charge is 0.399 e. The lowest BCUT2D eigenvalue weighted by molar-refractivity contribution is 0.333. The van der Waals surface area contributed by atoms with Crippen LogP contribution < -0.4 is 5.73 Å². The van der Waals surface area contributed by atoms with E-state index in [1.165, 1.54) is 0 Å². The summed E-state index contributed by atoms with van der Waals surface area (Å²) < 4.78 is 17.5. The van der Waals surface area contributed by atoms with Crippen LogP contribution in [-0.2, 0) is 15.3 Å². The molecule has 0 aromatic heterocycles. The molecule has 1 aromatic carbocycles. The Morgan fingerprint density at radius 2 is 1.87 bits per heavy atom. The van der Waals surface area contributed by atoms with Crippen LogP contribution in [0.25, 0.3) is 0 Å². The van der Waals surface area contributed by atoms with Crippen LogP contribution in [0.5, 0.6) is 0 Å². The molecule has 0 fully saturated rings. The predicted molar refractivity (Wildman–Crippen MR) is 64.3 cm³/mol. The zero-order valence-corrected chi connectivity index (χ0v) is 10.2. The van der Waals surface area contributed by atoms with Crippen LogP contribution in [0.2, 0.25) is 0 Å². The molecule has 0 aliphatic heterocycles. The molecular weight excluding hydrogens is 209 g/mol. The summed E-state index contributed by atoms with van der Waals surface area (Å²) in [7, 11) is -2.48. The summed E-state index contributed by atoms with van der Waals surface area (Å²) in [5.74, 6) is 0. The Kier molecular flexibility index (Phi) is 4.37. The number of nitrogens with two attached hydrogens (primary N) is 1. The van der Waals surface area contributed by atoms with Crippen LogP contribution in [0.15, 0.2) is 24.3 Å². The first-order valence-electron chi connectivity index (χ1n) is 5.16. The molecule has 4 heteroatoms. The predicted octanol–water partition coefficient (Wildman–Crippen LogP) is 3.10. The highest BCUT2D eigenvalue weighted by atomic mass is 31.2. The molecule has 0 saturated carbocycles. The van der Waals surface area contributed by atoms with Gasteiger partial charge in [0, 0.05) is 18.0 Å². The number of benzene rings is 1. The smallest absolute Gasteiger partial charge is 0.207 e. The summed E-state index contributed by atoms with van der Waals surface area (Å²) >= 11 is 0. The summed E-state index contributed by atoms with van der Waals surface area (Å²) in [6.07, 6.45) is 1.07. The number of nitrogen functional groups attached to an aromatic ring is 1. The van der Waals surface area contributed by atoms with Crippen LogP contribution in [0.3, 0.4) is 0 Å². The van der Waals surface area contributed by atoms with E-state index in [-0.39, 0.29) is 0 Å². The fourth-order valence-corrected chi connectivity index (χ4v) is 3.12. The molecule has 1 unspecified atom stereocenters. The van der Waals surface area contributed by atoms with E-state index in [2.05, 4.69) is 0 Å². The molecule has 1 aromatic rings. The molecule has 3 nitrogen and oxygen atoms in total. The minimum atomic E-state index is -2.48. The maximum atomic E-state index is 12.2. The molecule has 0 aliphatic carbocycles. The van der Waals surface area contributed by atoms with Crippen LogP contribution in [-0.4, -0.2) is 12.8 Å². The van der Waals surface area contributed by atoms with Crippen molar-refractivity contribution in [1.29, 1.82) is 0 Å². The van der Waals surface area contributed by atoms with Crippen LogP contribution in [0.4, 0.5) is 5.69 Å². The second-order valence-electron chi connectivity index (χ2n) is 3.45. The minimum Gasteiger partial charge on any atom is -0.399 e. The highest BCUT2D eigenvalue weighted by Gasteiger charge is 2.20. The number of anilines is 1. The Hall–Kier alpha value is -0.790. The van der Waals surface area contributed by atoms with Crippen molar-refractivity contribution in [3.63, 3.8) is 0 Å². The van der Waals surface area contributed by atoms with Crippen molar-refractivity contribution >= 4 is 13.1 Å². The fourth-order valence-electron chi connectivity index (χ4n) is 1.39. The third kappa shape index (κ3) is 3.69. The summed E-state index contributed by atoms with van der Waals surface area (Å²) in [6.45, 7) is 4.26. The summed E-state index contributed by atoms with van der Waals surface area (Å²) in [5, 5.41) is 0. The molecule has 0 amide bonds. The van der Waals surface area contributed by atoms with Gasteiger partial charge in [-0.15, -0.1) is 0 Å². The van der Waals surface area contributed by atoms with E-state index < -0.39 is 7.37 Å². The van der Waals surface area contributed by atoms with Crippen molar-refractivity contribution in [3.8, 4) is 0 Å². The molecule has 0 aliphatic rings. The van der Waals surface area contributed by atoms with Gasteiger partial charge in [0.25, 0.3) is 0 Å². The van der Waals surface area contributed by atoms with Gasteiger partial charge in [0.2, 0.25) is 7.37 Å². The van der Waals surface area contributed by atoms with E-state index in [1.54, 1.807) is 0 Å². The molecule has 15 heavy (non-hydrogen) atoms. The summed E-state index contributed by atoms with van der Waals surface area (Å²) in [6, 6.07) is 7.44. The van der Waals surface area contributed by atoms with Crippen LogP contribution in [0, 0.1) is 0 Å². The lowest BCUT2D eigenvalue weighted by Crippen LogP contribution is -1.97. The molecule has 0 radical (unpaired) electrons. The van der Waals surface area contributed by atoms with Gasteiger partial charge >= 0.3 is 0 Å². The Morgan fingerprint density at radius 3 is 2.33 bits per heavy atom. The Labute approximate surface area is 91.1 Å². The SMILES string of the molecule is CCOP(=O)(CC)Cc1ccc(N)cc1. The van der Waals surface area contributed by atoms with Gasteiger partial charge in [-0.25, -0.2) is 0 Å². The summed E-state index contributed by atoms with van der Waals surface area (Å²) in [4.78, 5) is 0. The summed E-state index contributed by atoms with van der Waals surface area (Å²) in [5.41, 5.74) is 7.32. The first-order valence-corrected chi connectivity index (χ1v) is 7.16. The third-order valence-electron chi connectivity index (χ3n) is 2.25. The Morgan fingerprint density at radius 1 is 1.27 bits per heavy atom. The van der Waals surface area contributed by atoms with Gasteiger partial charge < -0.3 is 10.3 Å². The number of rotatable bonds is 5. The average molecular weight is 227 g/mol.